The van der Waals surface area contributed by atoms with Crippen LogP contribution in [0.1, 0.15) is 138 Å². The fraction of sp³-hybridized carbons (Fsp3) is 0.252. The van der Waals surface area contributed by atoms with Gasteiger partial charge in [0.1, 0.15) is 34.6 Å². The molecule has 0 aliphatic rings. The number of nitrogens with one attached hydrogen (secondary N) is 1. The standard InChI is InChI=1S/C20H22N2O.C19H20N2O.C18H13BrN2.2C12H13BrN2O.C8H11BO2.C7H7IO.C5H7BrN2.2C2H6.2CH4/c1-13-8-6-9-14(2)19(13)20-15(3)21-22(16(20)4)17-10-7-11-18(12-17)23-5;1-12-7-5-8-13(2)18(12)19-14(3)20-21(15(19)4)16-9-6-10-17(22)11-16;1-12-8-9-20-18(10-12)21-16-5-3-2-4-14(16)15-7-6-13(19)11-17(15)21;2*1-8-12(13)9(2)15(14-8)10-5-4-6-11(7-10)16-3;1-6-4-3-5-7(2)8(6)9(10)11;1-9-7-4-2-3-6(8)5-7;1-3-5(6)4(2)8-7-3;2*1-2;;/h6-12H,1-5H3;5-11,22H,1-4H3;2-11H,1H3;2*4-7H,1-3H3;3-5,10-11H,1-2H3;2-5H,1H3;1-2H3,(H,7,8);2*1-2H3;2*1H4. The largest absolute Gasteiger partial charge is 0.508 e. The van der Waals surface area contributed by atoms with Crippen LogP contribution in [0.5, 0.6) is 28.7 Å². The number of benzene rings is 10. The van der Waals surface area contributed by atoms with Crippen molar-refractivity contribution in [2.75, 3.05) is 28.4 Å². The third-order valence-corrected chi connectivity index (χ3v) is 25.7. The molecule has 0 amide bonds. The van der Waals surface area contributed by atoms with Crippen LogP contribution in [0.3, 0.4) is 0 Å². The molecule has 0 spiro atoms. The van der Waals surface area contributed by atoms with Crippen LogP contribution in [0, 0.1) is 121 Å². The summed E-state index contributed by atoms with van der Waals surface area (Å²) in [6, 6.07) is 76.2. The SMILES string of the molecule is C.C.CC.CC.COc1cccc(-n2nc(C)c(-c3c(C)cccc3C)c2C)c1.COc1cccc(-n2nc(C)c(Br)c2C)c1.COc1cccc(-n2nc(C)c(Br)c2C)c1.COc1cccc(I)c1.Cc1cccc(C)c1-c1c(C)nn(-c2cccc(O)c2)c1C.Cc1cccc(C)c1B(O)O.Cc1ccnc(-n2c3ccccc3c3ccc(Br)cc32)c1.Cc1n[nH]c(C)c1Br. The summed E-state index contributed by atoms with van der Waals surface area (Å²) in [5, 5.41) is 55.3. The van der Waals surface area contributed by atoms with Crippen molar-refractivity contribution in [1.82, 2.24) is 58.9 Å². The Labute approximate surface area is 828 Å². The average Bonchev–Trinajstić information content (AvgIpc) is 1.59. The number of halogens is 5. The summed E-state index contributed by atoms with van der Waals surface area (Å²) >= 11 is 16.2. The Bertz CT molecular complexity index is 6450. The number of aromatic hydroxyl groups is 1. The summed E-state index contributed by atoms with van der Waals surface area (Å²) in [5.74, 6) is 4.63. The Morgan fingerprint density at radius 2 is 0.727 bits per heavy atom. The second-order valence-electron chi connectivity index (χ2n) is 30.2. The van der Waals surface area contributed by atoms with Gasteiger partial charge in [-0.25, -0.2) is 23.7 Å². The molecule has 0 saturated carbocycles. The quantitative estimate of drug-likeness (QED) is 0.0662. The predicted octanol–water partition coefficient (Wildman–Crippen LogP) is 28.4. The maximum absolute atomic E-state index is 9.71. The second-order valence-corrected chi connectivity index (χ2v) is 34.7. The van der Waals surface area contributed by atoms with Crippen molar-refractivity contribution in [3.05, 3.63) is 354 Å². The van der Waals surface area contributed by atoms with E-state index >= 15 is 0 Å². The number of aryl methyl sites for hydroxylation is 13. The minimum Gasteiger partial charge on any atom is -0.508 e. The zero-order valence-corrected chi connectivity index (χ0v) is 87.4. The van der Waals surface area contributed by atoms with Gasteiger partial charge in [-0.3, -0.25) is 9.67 Å². The van der Waals surface area contributed by atoms with Gasteiger partial charge in [0.25, 0.3) is 0 Å². The number of para-hydroxylation sites is 1. The van der Waals surface area contributed by atoms with Gasteiger partial charge in [0, 0.05) is 77.5 Å². The minimum absolute atomic E-state index is 0. The smallest absolute Gasteiger partial charge is 0.488 e. The van der Waals surface area contributed by atoms with Crippen molar-refractivity contribution in [2.45, 2.75) is 160 Å². The molecule has 0 atom stereocenters. The first kappa shape index (κ1) is 110. The number of nitrogens with zero attached hydrogens (tertiary/aromatic N) is 11. The molecule has 132 heavy (non-hydrogen) atoms. The maximum Gasteiger partial charge on any atom is 0.488 e. The fourth-order valence-electron chi connectivity index (χ4n) is 14.7. The summed E-state index contributed by atoms with van der Waals surface area (Å²) in [6.07, 6.45) is 1.86. The van der Waals surface area contributed by atoms with E-state index in [1.807, 2.05) is 242 Å². The van der Waals surface area contributed by atoms with Crippen LogP contribution in [-0.2, 0) is 0 Å². The van der Waals surface area contributed by atoms with E-state index in [1.54, 1.807) is 40.6 Å². The Hall–Kier alpha value is -11.2. The van der Waals surface area contributed by atoms with Crippen molar-refractivity contribution in [3.8, 4) is 79.6 Å². The molecule has 17 rings (SSSR count). The van der Waals surface area contributed by atoms with E-state index in [9.17, 15) is 5.11 Å². The predicted molar refractivity (Wildman–Crippen MR) is 573 cm³/mol. The molecule has 7 heterocycles. The lowest BCUT2D eigenvalue weighted by molar-refractivity contribution is 0.414. The first-order chi connectivity index (χ1) is 62.2. The molecule has 19 nitrogen and oxygen atoms in total. The molecule has 4 N–H and O–H groups in total. The number of H-pyrrole nitrogens is 1. The lowest BCUT2D eigenvalue weighted by Gasteiger charge is -2.11. The molecule has 10 aromatic carbocycles. The van der Waals surface area contributed by atoms with Crippen molar-refractivity contribution in [1.29, 1.82) is 0 Å². The normalized spacial score (nSPS) is 10.2. The minimum atomic E-state index is -1.35. The zero-order valence-electron chi connectivity index (χ0n) is 78.9. The molecule has 7 aromatic heterocycles. The third-order valence-electron chi connectivity index (χ3n) is 21.1. The fourth-order valence-corrected chi connectivity index (χ4v) is 16.3. The van der Waals surface area contributed by atoms with Gasteiger partial charge in [0.2, 0.25) is 0 Å². The highest BCUT2D eigenvalue weighted by Crippen LogP contribution is 2.38. The number of methoxy groups -OCH3 is 4. The molecule has 25 heteroatoms. The number of ether oxygens (including phenoxy) is 4. The first-order valence-corrected chi connectivity index (χ1v) is 46.9. The lowest BCUT2D eigenvalue weighted by Crippen LogP contribution is -2.34. The number of hydrogen-bond acceptors (Lipinski definition) is 13. The summed E-state index contributed by atoms with van der Waals surface area (Å²) in [7, 11) is 5.33. The Kier molecular flexibility index (Phi) is 43.4. The van der Waals surface area contributed by atoms with Crippen LogP contribution in [0.25, 0.3) is 72.6 Å². The van der Waals surface area contributed by atoms with E-state index in [2.05, 4.69) is 268 Å². The average molecular weight is 2150 g/mol. The molecular formula is C107H126BBr4IN12O7. The Morgan fingerprint density at radius 3 is 1.08 bits per heavy atom. The van der Waals surface area contributed by atoms with E-state index in [1.165, 1.54) is 75.4 Å². The highest BCUT2D eigenvalue weighted by Gasteiger charge is 2.22. The summed E-state index contributed by atoms with van der Waals surface area (Å²) < 4.78 is 36.1. The van der Waals surface area contributed by atoms with Gasteiger partial charge in [-0.2, -0.15) is 25.5 Å². The molecule has 694 valence electrons. The summed E-state index contributed by atoms with van der Waals surface area (Å²) in [4.78, 5) is 4.56. The molecular weight excluding hydrogens is 2020 g/mol. The summed E-state index contributed by atoms with van der Waals surface area (Å²) in [5.41, 5.74) is 30.4. The van der Waals surface area contributed by atoms with Crippen LogP contribution in [0.4, 0.5) is 0 Å². The molecule has 0 radical (unpaired) electrons. The molecule has 0 fully saturated rings. The second kappa shape index (κ2) is 52.3. The molecule has 0 saturated heterocycles. The van der Waals surface area contributed by atoms with Crippen molar-refractivity contribution >= 4 is 121 Å². The van der Waals surface area contributed by atoms with Crippen molar-refractivity contribution < 1.29 is 34.1 Å². The molecule has 0 unspecified atom stereocenters. The van der Waals surface area contributed by atoms with Gasteiger partial charge >= 0.3 is 7.12 Å². The van der Waals surface area contributed by atoms with Crippen LogP contribution in [0.2, 0.25) is 0 Å². The monoisotopic (exact) mass is 2140 g/mol. The van der Waals surface area contributed by atoms with Gasteiger partial charge in [-0.1, -0.05) is 179 Å². The van der Waals surface area contributed by atoms with E-state index in [4.69, 9.17) is 34.1 Å². The zero-order chi connectivity index (χ0) is 95.5. The number of fused-ring (bicyclic) bond motifs is 3. The van der Waals surface area contributed by atoms with Crippen LogP contribution in [0.15, 0.2) is 255 Å². The summed E-state index contributed by atoms with van der Waals surface area (Å²) in [6.45, 7) is 42.7. The maximum atomic E-state index is 9.71. The number of aromatic nitrogens is 12. The highest BCUT2D eigenvalue weighted by atomic mass is 127. The molecule has 17 aromatic rings. The number of rotatable bonds is 12. The number of hydrogen-bond donors (Lipinski definition) is 4. The topological polar surface area (TPSA) is 215 Å². The van der Waals surface area contributed by atoms with Gasteiger partial charge in [-0.15, -0.1) is 0 Å². The molecule has 0 aliphatic carbocycles. The van der Waals surface area contributed by atoms with Crippen LogP contribution < -0.4 is 24.4 Å². The number of phenols is 1. The first-order valence-electron chi connectivity index (χ1n) is 42.6. The van der Waals surface area contributed by atoms with Crippen molar-refractivity contribution in [2.24, 2.45) is 0 Å². The van der Waals surface area contributed by atoms with Gasteiger partial charge in [0.05, 0.1) is 115 Å². The number of aromatic amines is 1. The highest BCUT2D eigenvalue weighted by molar-refractivity contribution is 14.1. The Balaban J connectivity index is 0.000000235. The van der Waals surface area contributed by atoms with Crippen molar-refractivity contribution in [3.63, 3.8) is 0 Å². The van der Waals surface area contributed by atoms with E-state index in [0.29, 0.717) is 5.46 Å². The Morgan fingerprint density at radius 1 is 0.356 bits per heavy atom. The molecule has 0 bridgehead atoms. The third kappa shape index (κ3) is 27.8. The molecule has 0 aliphatic heterocycles. The lowest BCUT2D eigenvalue weighted by atomic mass is 9.74. The van der Waals surface area contributed by atoms with E-state index in [0.717, 1.165) is 138 Å². The number of phenolic OH excluding ortho intramolecular Hbond substituents is 1. The van der Waals surface area contributed by atoms with Gasteiger partial charge in [-0.05, 0) is 330 Å². The van der Waals surface area contributed by atoms with Crippen LogP contribution >= 0.6 is 86.3 Å². The van der Waals surface area contributed by atoms with Gasteiger partial charge < -0.3 is 34.1 Å². The van der Waals surface area contributed by atoms with E-state index < -0.39 is 7.12 Å². The van der Waals surface area contributed by atoms with E-state index in [-0.39, 0.29) is 20.6 Å². The van der Waals surface area contributed by atoms with Crippen LogP contribution in [-0.4, -0.2) is 110 Å². The number of pyridine rings is 1. The van der Waals surface area contributed by atoms with Gasteiger partial charge in [0.15, 0.2) is 0 Å².